The highest BCUT2D eigenvalue weighted by Crippen LogP contribution is 2.37. The molecule has 3 fully saturated rings. The Morgan fingerprint density at radius 2 is 1.55 bits per heavy atom. The molecular weight excluding hydrogens is 976 g/mol. The number of aryl methyl sites for hydroxylation is 1. The van der Waals surface area contributed by atoms with Crippen molar-refractivity contribution in [3.05, 3.63) is 142 Å². The molecule has 1 saturated carbocycles. The molecule has 0 spiro atoms. The SMILES string of the molecule is C1CCC1.CCCC(C(=O)NC=O)N(C)Cc1cc(N2CCN(Cc3ccc(C(=O)N(C)C4CCN(CC5=CN(C=O)/C(=C\N(C)c6cccc(Cc7nncn7C)c6)C(C(F)(F)F)=C5)CC4)cc3)CC2)ccc1C=O. The second-order valence-electron chi connectivity index (χ2n) is 20.2. The van der Waals surface area contributed by atoms with Crippen molar-refractivity contribution in [2.45, 2.75) is 96.1 Å². The van der Waals surface area contributed by atoms with Crippen LogP contribution in [0.25, 0.3) is 0 Å². The van der Waals surface area contributed by atoms with Gasteiger partial charge in [-0.15, -0.1) is 10.2 Å². The molecular formula is C57H72F3N11O5. The van der Waals surface area contributed by atoms with Crippen LogP contribution in [0.1, 0.15) is 102 Å². The molecule has 1 aromatic heterocycles. The van der Waals surface area contributed by atoms with E-state index in [2.05, 4.69) is 30.2 Å². The van der Waals surface area contributed by atoms with Crippen molar-refractivity contribution in [3.63, 3.8) is 0 Å². The van der Waals surface area contributed by atoms with Crippen LogP contribution in [0.3, 0.4) is 0 Å². The van der Waals surface area contributed by atoms with Gasteiger partial charge in [0.05, 0.1) is 17.3 Å². The molecule has 4 aromatic rings. The predicted molar refractivity (Wildman–Crippen MR) is 287 cm³/mol. The normalized spacial score (nSPS) is 17.5. The van der Waals surface area contributed by atoms with E-state index >= 15 is 0 Å². The maximum absolute atomic E-state index is 14.7. The number of amides is 4. The zero-order valence-electron chi connectivity index (χ0n) is 44.4. The molecule has 4 aliphatic rings. The summed E-state index contributed by atoms with van der Waals surface area (Å²) in [7, 11) is 7.10. The Labute approximate surface area is 444 Å². The summed E-state index contributed by atoms with van der Waals surface area (Å²) >= 11 is 0. The van der Waals surface area contributed by atoms with Gasteiger partial charge < -0.3 is 19.3 Å². The number of carbonyl (C=O) groups excluding carboxylic acids is 5. The molecule has 1 aliphatic carbocycles. The van der Waals surface area contributed by atoms with Gasteiger partial charge in [-0.3, -0.25) is 48.9 Å². The lowest BCUT2D eigenvalue weighted by atomic mass is 9.99. The number of nitrogens with zero attached hydrogens (tertiary/aromatic N) is 10. The van der Waals surface area contributed by atoms with Gasteiger partial charge in [-0.2, -0.15) is 13.2 Å². The zero-order valence-corrected chi connectivity index (χ0v) is 44.4. The highest BCUT2D eigenvalue weighted by Gasteiger charge is 2.40. The molecule has 1 unspecified atom stereocenters. The molecule has 0 bridgehead atoms. The Hall–Kier alpha value is -6.96. The number of nitrogens with one attached hydrogen (secondary N) is 1. The quantitative estimate of drug-likeness (QED) is 0.0884. The second-order valence-corrected chi connectivity index (χ2v) is 20.2. The fraction of sp³-hybridized carbons (Fsp3) is 0.456. The minimum absolute atomic E-state index is 0.0544. The van der Waals surface area contributed by atoms with E-state index in [1.807, 2.05) is 86.6 Å². The highest BCUT2D eigenvalue weighted by molar-refractivity contribution is 5.94. The zero-order chi connectivity index (χ0) is 54.4. The van der Waals surface area contributed by atoms with Crippen LogP contribution < -0.4 is 15.1 Å². The van der Waals surface area contributed by atoms with Crippen molar-refractivity contribution in [2.24, 2.45) is 7.05 Å². The van der Waals surface area contributed by atoms with Crippen molar-refractivity contribution in [1.29, 1.82) is 0 Å². The van der Waals surface area contributed by atoms with Crippen molar-refractivity contribution in [2.75, 3.05) is 76.8 Å². The lowest BCUT2D eigenvalue weighted by Gasteiger charge is -2.37. The molecule has 4 heterocycles. The number of aromatic nitrogens is 3. The fourth-order valence-electron chi connectivity index (χ4n) is 9.93. The number of carbonyl (C=O) groups is 5. The maximum Gasteiger partial charge on any atom is 0.418 e. The van der Waals surface area contributed by atoms with Gasteiger partial charge in [0, 0.05) is 127 Å². The molecule has 16 nitrogen and oxygen atoms in total. The summed E-state index contributed by atoms with van der Waals surface area (Å²) in [5.41, 5.74) is 4.71. The maximum atomic E-state index is 14.7. The van der Waals surface area contributed by atoms with Crippen LogP contribution >= 0.6 is 0 Å². The summed E-state index contributed by atoms with van der Waals surface area (Å²) in [5.74, 6) is 0.278. The molecule has 406 valence electrons. The number of aldehydes is 1. The van der Waals surface area contributed by atoms with Crippen LogP contribution in [0, 0.1) is 0 Å². The minimum atomic E-state index is -4.73. The van der Waals surface area contributed by atoms with Gasteiger partial charge in [-0.1, -0.05) is 63.3 Å². The predicted octanol–water partition coefficient (Wildman–Crippen LogP) is 7.33. The molecule has 76 heavy (non-hydrogen) atoms. The number of allylic oxidation sites excluding steroid dienone is 1. The van der Waals surface area contributed by atoms with Gasteiger partial charge in [-0.05, 0) is 97.1 Å². The number of benzene rings is 3. The van der Waals surface area contributed by atoms with E-state index in [0.29, 0.717) is 87.1 Å². The second kappa shape index (κ2) is 26.7. The summed E-state index contributed by atoms with van der Waals surface area (Å²) in [4.78, 5) is 74.5. The average molecular weight is 1050 g/mol. The topological polar surface area (TPSA) is 151 Å². The lowest BCUT2D eigenvalue weighted by Crippen LogP contribution is -2.46. The molecule has 19 heteroatoms. The number of likely N-dealkylation sites (N-methyl/N-ethyl adjacent to an activating group) is 1. The minimum Gasteiger partial charge on any atom is -0.369 e. The van der Waals surface area contributed by atoms with E-state index in [0.717, 1.165) is 78.1 Å². The van der Waals surface area contributed by atoms with Gasteiger partial charge in [-0.25, -0.2) is 0 Å². The van der Waals surface area contributed by atoms with E-state index in [4.69, 9.17) is 0 Å². The molecule has 3 aliphatic heterocycles. The van der Waals surface area contributed by atoms with Crippen molar-refractivity contribution in [1.82, 2.24) is 44.6 Å². The molecule has 4 amide bonds. The first-order valence-electron chi connectivity index (χ1n) is 26.3. The summed E-state index contributed by atoms with van der Waals surface area (Å²) in [6.45, 7) is 7.55. The van der Waals surface area contributed by atoms with Gasteiger partial charge in [0.1, 0.15) is 18.4 Å². The molecule has 0 radical (unpaired) electrons. The first-order chi connectivity index (χ1) is 36.6. The van der Waals surface area contributed by atoms with Crippen LogP contribution in [0.15, 0.2) is 108 Å². The van der Waals surface area contributed by atoms with Crippen LogP contribution in [0.4, 0.5) is 24.5 Å². The number of likely N-dealkylation sites (tertiary alicyclic amines) is 1. The molecule has 1 N–H and O–H groups in total. The van der Waals surface area contributed by atoms with Crippen molar-refractivity contribution >= 4 is 42.3 Å². The number of hydrogen-bond acceptors (Lipinski definition) is 12. The number of rotatable bonds is 20. The largest absolute Gasteiger partial charge is 0.418 e. The Bertz CT molecular complexity index is 2720. The van der Waals surface area contributed by atoms with Crippen LogP contribution in [0.5, 0.6) is 0 Å². The number of piperidine rings is 1. The molecule has 3 aromatic carbocycles. The number of alkyl halides is 3. The summed E-state index contributed by atoms with van der Waals surface area (Å²) in [5, 5.41) is 10.3. The van der Waals surface area contributed by atoms with E-state index in [9.17, 15) is 37.1 Å². The van der Waals surface area contributed by atoms with Crippen molar-refractivity contribution in [3.8, 4) is 0 Å². The van der Waals surface area contributed by atoms with Gasteiger partial charge in [0.15, 0.2) is 0 Å². The van der Waals surface area contributed by atoms with E-state index < -0.39 is 17.8 Å². The number of anilines is 2. The van der Waals surface area contributed by atoms with Crippen molar-refractivity contribution < 1.29 is 37.1 Å². The molecule has 8 rings (SSSR count). The smallest absolute Gasteiger partial charge is 0.369 e. The third-order valence-corrected chi connectivity index (χ3v) is 14.9. The first-order valence-corrected chi connectivity index (χ1v) is 26.3. The van der Waals surface area contributed by atoms with E-state index in [-0.39, 0.29) is 30.1 Å². The number of imide groups is 1. The van der Waals surface area contributed by atoms with Crippen LogP contribution in [-0.4, -0.2) is 155 Å². The summed E-state index contributed by atoms with van der Waals surface area (Å²) in [6, 6.07) is 20.3. The monoisotopic (exact) mass is 1050 g/mol. The highest BCUT2D eigenvalue weighted by atomic mass is 19.4. The number of hydrogen-bond donors (Lipinski definition) is 1. The molecule has 2 saturated heterocycles. The summed E-state index contributed by atoms with van der Waals surface area (Å²) < 4.78 is 45.9. The third-order valence-electron chi connectivity index (χ3n) is 14.9. The standard InChI is InChI=1S/C53H64F3N11O5.C4H8/c1-6-8-48(51(71)57-36-69)61(3)32-43-28-46(16-15-42(43)34-68)66-23-21-65(22-24-66)29-38-11-13-41(14-12-38)52(72)63(5)44-17-19-64(20-18-44)30-40-26-47(53(54,55)56)49(67(31-40)37-70)33-60(2)45-10-7-9-39(25-45)27-50-59-58-35-62(50)4;1-2-4-3-1/h7,9-16,25-26,28,31,33-37,44,48H,6,8,17-24,27,29-30,32H2,1-5H3,(H,57,69,71);1-4H2/b49-33-;. The summed E-state index contributed by atoms with van der Waals surface area (Å²) in [6.07, 6.45) is 11.5. The fourth-order valence-corrected chi connectivity index (χ4v) is 9.93. The average Bonchev–Trinajstić information content (AvgIpc) is 3.81. The Morgan fingerprint density at radius 1 is 0.855 bits per heavy atom. The van der Waals surface area contributed by atoms with Gasteiger partial charge in [0.25, 0.3) is 5.91 Å². The van der Waals surface area contributed by atoms with E-state index in [1.165, 1.54) is 38.1 Å². The van der Waals surface area contributed by atoms with E-state index in [1.54, 1.807) is 40.9 Å². The Balaban J connectivity index is 0.00000200. The third kappa shape index (κ3) is 14.9. The van der Waals surface area contributed by atoms with Crippen LogP contribution in [-0.2, 0) is 40.9 Å². The number of halogens is 3. The number of piperazine rings is 1. The van der Waals surface area contributed by atoms with Gasteiger partial charge in [0.2, 0.25) is 18.7 Å². The first kappa shape index (κ1) is 56.8. The Kier molecular flexibility index (Phi) is 19.9. The molecule has 1 atom stereocenters. The van der Waals surface area contributed by atoms with Crippen LogP contribution in [0.2, 0.25) is 0 Å². The Morgan fingerprint density at radius 3 is 2.16 bits per heavy atom. The lowest BCUT2D eigenvalue weighted by molar-refractivity contribution is -0.129. The van der Waals surface area contributed by atoms with Gasteiger partial charge >= 0.3 is 6.18 Å².